The van der Waals surface area contributed by atoms with Gasteiger partial charge in [0.1, 0.15) is 0 Å². The van der Waals surface area contributed by atoms with Crippen molar-refractivity contribution in [1.29, 1.82) is 0 Å². The normalized spacial score (nSPS) is 10.4. The molecule has 1 heterocycles. The lowest BCUT2D eigenvalue weighted by Crippen LogP contribution is -2.31. The van der Waals surface area contributed by atoms with Gasteiger partial charge in [0.25, 0.3) is 5.91 Å². The Kier molecular flexibility index (Phi) is 6.57. The molecule has 0 aliphatic carbocycles. The van der Waals surface area contributed by atoms with Crippen molar-refractivity contribution in [2.75, 3.05) is 19.6 Å². The van der Waals surface area contributed by atoms with Crippen LogP contribution in [0.1, 0.15) is 23.0 Å². The maximum absolute atomic E-state index is 11.7. The number of halogens is 2. The zero-order valence-electron chi connectivity index (χ0n) is 8.98. The molecule has 0 radical (unpaired) electrons. The Morgan fingerprint density at radius 3 is 2.69 bits per heavy atom. The summed E-state index contributed by atoms with van der Waals surface area (Å²) in [5.41, 5.74) is 0. The molecule has 0 aliphatic heterocycles. The van der Waals surface area contributed by atoms with Crippen molar-refractivity contribution in [3.8, 4) is 0 Å². The summed E-state index contributed by atoms with van der Waals surface area (Å²) in [5, 5.41) is 6.09. The van der Waals surface area contributed by atoms with E-state index in [2.05, 4.69) is 49.4 Å². The van der Waals surface area contributed by atoms with E-state index in [0.29, 0.717) is 11.4 Å². The third-order valence-electron chi connectivity index (χ3n) is 1.88. The molecular formula is C10H14Br2N2OS. The molecule has 1 aromatic rings. The summed E-state index contributed by atoms with van der Waals surface area (Å²) in [4.78, 5) is 12.4. The summed E-state index contributed by atoms with van der Waals surface area (Å²) < 4.78 is 1.87. The Labute approximate surface area is 116 Å². The van der Waals surface area contributed by atoms with Crippen LogP contribution < -0.4 is 10.6 Å². The second kappa shape index (κ2) is 7.42. The highest BCUT2D eigenvalue weighted by Gasteiger charge is 2.10. The van der Waals surface area contributed by atoms with Gasteiger partial charge in [-0.15, -0.1) is 11.3 Å². The number of hydrogen-bond acceptors (Lipinski definition) is 3. The minimum absolute atomic E-state index is 0.0188. The van der Waals surface area contributed by atoms with E-state index in [1.165, 1.54) is 11.3 Å². The second-order valence-electron chi connectivity index (χ2n) is 3.24. The van der Waals surface area contributed by atoms with Gasteiger partial charge in [-0.2, -0.15) is 0 Å². The molecule has 0 aromatic carbocycles. The van der Waals surface area contributed by atoms with Gasteiger partial charge in [-0.25, -0.2) is 0 Å². The van der Waals surface area contributed by atoms with Crippen LogP contribution in [0.15, 0.2) is 14.3 Å². The van der Waals surface area contributed by atoms with Gasteiger partial charge in [-0.3, -0.25) is 4.79 Å². The topological polar surface area (TPSA) is 41.1 Å². The van der Waals surface area contributed by atoms with E-state index in [-0.39, 0.29) is 5.91 Å². The van der Waals surface area contributed by atoms with E-state index >= 15 is 0 Å². The van der Waals surface area contributed by atoms with Crippen molar-refractivity contribution in [2.45, 2.75) is 13.3 Å². The number of hydrogen-bond donors (Lipinski definition) is 2. The summed E-state index contributed by atoms with van der Waals surface area (Å²) in [7, 11) is 0. The second-order valence-corrected chi connectivity index (χ2v) is 6.46. The van der Waals surface area contributed by atoms with Crippen LogP contribution in [-0.4, -0.2) is 25.5 Å². The Hall–Kier alpha value is 0.0900. The van der Waals surface area contributed by atoms with Crippen molar-refractivity contribution in [3.63, 3.8) is 0 Å². The summed E-state index contributed by atoms with van der Waals surface area (Å²) in [6.07, 6.45) is 1.11. The first-order valence-corrected chi connectivity index (χ1v) is 7.49. The maximum atomic E-state index is 11.7. The molecule has 0 unspecified atom stereocenters. The van der Waals surface area contributed by atoms with E-state index < -0.39 is 0 Å². The average molecular weight is 370 g/mol. The van der Waals surface area contributed by atoms with Gasteiger partial charge in [0, 0.05) is 17.6 Å². The van der Waals surface area contributed by atoms with Gasteiger partial charge >= 0.3 is 0 Å². The van der Waals surface area contributed by atoms with Crippen LogP contribution in [0.25, 0.3) is 0 Å². The number of amides is 1. The van der Waals surface area contributed by atoms with Gasteiger partial charge in [0.15, 0.2) is 0 Å². The Morgan fingerprint density at radius 1 is 1.38 bits per heavy atom. The lowest BCUT2D eigenvalue weighted by Gasteiger charge is -2.04. The SMILES string of the molecule is CCCNCCNC(=O)c1cc(Br)c(Br)s1. The van der Waals surface area contributed by atoms with Gasteiger partial charge in [-0.05, 0) is 50.9 Å². The largest absolute Gasteiger partial charge is 0.350 e. The molecule has 0 aliphatic rings. The zero-order valence-corrected chi connectivity index (χ0v) is 13.0. The summed E-state index contributed by atoms with van der Waals surface area (Å²) in [6, 6.07) is 1.82. The van der Waals surface area contributed by atoms with Crippen molar-refractivity contribution < 1.29 is 4.79 Å². The van der Waals surface area contributed by atoms with E-state index in [0.717, 1.165) is 27.8 Å². The number of thiophene rings is 1. The molecular weight excluding hydrogens is 356 g/mol. The molecule has 0 atom stereocenters. The molecule has 1 rings (SSSR count). The molecule has 0 saturated carbocycles. The summed E-state index contributed by atoms with van der Waals surface area (Å²) in [5.74, 6) is -0.0188. The first kappa shape index (κ1) is 14.2. The fraction of sp³-hybridized carbons (Fsp3) is 0.500. The molecule has 90 valence electrons. The monoisotopic (exact) mass is 368 g/mol. The van der Waals surface area contributed by atoms with Crippen LogP contribution in [-0.2, 0) is 0 Å². The Balaban J connectivity index is 2.30. The van der Waals surface area contributed by atoms with Crippen molar-refractivity contribution >= 4 is 49.1 Å². The molecule has 6 heteroatoms. The van der Waals surface area contributed by atoms with E-state index in [1.807, 2.05) is 6.07 Å². The minimum atomic E-state index is -0.0188. The molecule has 0 spiro atoms. The fourth-order valence-electron chi connectivity index (χ4n) is 1.11. The molecule has 0 fully saturated rings. The Morgan fingerprint density at radius 2 is 2.12 bits per heavy atom. The third kappa shape index (κ3) is 4.53. The zero-order chi connectivity index (χ0) is 12.0. The standard InChI is InChI=1S/C10H14Br2N2OS/c1-2-3-13-4-5-14-10(15)8-6-7(11)9(12)16-8/h6,13H,2-5H2,1H3,(H,14,15). The first-order valence-electron chi connectivity index (χ1n) is 5.09. The molecule has 1 amide bonds. The van der Waals surface area contributed by atoms with Crippen LogP contribution >= 0.6 is 43.2 Å². The quantitative estimate of drug-likeness (QED) is 0.757. The minimum Gasteiger partial charge on any atom is -0.350 e. The van der Waals surface area contributed by atoms with Crippen LogP contribution in [0, 0.1) is 0 Å². The van der Waals surface area contributed by atoms with Gasteiger partial charge in [0.05, 0.1) is 8.66 Å². The molecule has 0 bridgehead atoms. The highest BCUT2D eigenvalue weighted by atomic mass is 79.9. The molecule has 2 N–H and O–H groups in total. The van der Waals surface area contributed by atoms with E-state index in [4.69, 9.17) is 0 Å². The number of carbonyl (C=O) groups excluding carboxylic acids is 1. The molecule has 3 nitrogen and oxygen atoms in total. The van der Waals surface area contributed by atoms with E-state index in [9.17, 15) is 4.79 Å². The predicted octanol–water partition coefficient (Wildman–Crippen LogP) is 3.00. The van der Waals surface area contributed by atoms with Crippen LogP contribution in [0.4, 0.5) is 0 Å². The molecule has 0 saturated heterocycles. The van der Waals surface area contributed by atoms with Crippen LogP contribution in [0.2, 0.25) is 0 Å². The third-order valence-corrected chi connectivity index (χ3v) is 5.14. The highest BCUT2D eigenvalue weighted by molar-refractivity contribution is 9.13. The summed E-state index contributed by atoms with van der Waals surface area (Å²) >= 11 is 8.15. The smallest absolute Gasteiger partial charge is 0.261 e. The fourth-order valence-corrected chi connectivity index (χ4v) is 3.06. The maximum Gasteiger partial charge on any atom is 0.261 e. The predicted molar refractivity (Wildman–Crippen MR) is 75.2 cm³/mol. The van der Waals surface area contributed by atoms with Crippen LogP contribution in [0.5, 0.6) is 0 Å². The number of rotatable bonds is 6. The highest BCUT2D eigenvalue weighted by Crippen LogP contribution is 2.32. The number of nitrogens with one attached hydrogen (secondary N) is 2. The van der Waals surface area contributed by atoms with Crippen LogP contribution in [0.3, 0.4) is 0 Å². The van der Waals surface area contributed by atoms with Crippen molar-refractivity contribution in [1.82, 2.24) is 10.6 Å². The van der Waals surface area contributed by atoms with Gasteiger partial charge in [0.2, 0.25) is 0 Å². The van der Waals surface area contributed by atoms with Gasteiger partial charge < -0.3 is 10.6 Å². The molecule has 1 aromatic heterocycles. The average Bonchev–Trinajstić information content (AvgIpc) is 2.59. The first-order chi connectivity index (χ1) is 7.65. The van der Waals surface area contributed by atoms with Crippen molar-refractivity contribution in [2.24, 2.45) is 0 Å². The van der Waals surface area contributed by atoms with Gasteiger partial charge in [-0.1, -0.05) is 6.92 Å². The van der Waals surface area contributed by atoms with Crippen molar-refractivity contribution in [3.05, 3.63) is 19.2 Å². The van der Waals surface area contributed by atoms with E-state index in [1.54, 1.807) is 0 Å². The Bertz CT molecular complexity index is 335. The number of carbonyl (C=O) groups is 1. The molecule has 16 heavy (non-hydrogen) atoms. The summed E-state index contributed by atoms with van der Waals surface area (Å²) in [6.45, 7) is 4.58. The lowest BCUT2D eigenvalue weighted by atomic mass is 10.4. The lowest BCUT2D eigenvalue weighted by molar-refractivity contribution is 0.0958.